The summed E-state index contributed by atoms with van der Waals surface area (Å²) >= 11 is 0. The average molecular weight is 335 g/mol. The van der Waals surface area contributed by atoms with Crippen LogP contribution >= 0.6 is 0 Å². The van der Waals surface area contributed by atoms with Crippen molar-refractivity contribution in [2.75, 3.05) is 24.5 Å². The summed E-state index contributed by atoms with van der Waals surface area (Å²) in [6.45, 7) is 5.88. The molecule has 0 spiro atoms. The summed E-state index contributed by atoms with van der Waals surface area (Å²) in [5.74, 6) is 1.77. The van der Waals surface area contributed by atoms with Crippen LogP contribution in [-0.2, 0) is 6.54 Å². The molecule has 2 atom stereocenters. The monoisotopic (exact) mass is 335 g/mol. The minimum Gasteiger partial charge on any atom is -0.355 e. The Morgan fingerprint density at radius 2 is 1.92 bits per heavy atom. The summed E-state index contributed by atoms with van der Waals surface area (Å²) in [7, 11) is 0. The topological polar surface area (TPSA) is 36.4 Å². The molecular formula is C21H25N3O. The van der Waals surface area contributed by atoms with Crippen molar-refractivity contribution in [3.8, 4) is 0 Å². The number of rotatable bonds is 4. The van der Waals surface area contributed by atoms with Crippen LogP contribution in [0.15, 0.2) is 48.7 Å². The van der Waals surface area contributed by atoms with Gasteiger partial charge in [-0.25, -0.2) is 4.98 Å². The zero-order valence-electron chi connectivity index (χ0n) is 14.8. The third-order valence-corrected chi connectivity index (χ3v) is 5.53. The third-order valence-electron chi connectivity index (χ3n) is 5.53. The van der Waals surface area contributed by atoms with E-state index in [0.717, 1.165) is 25.5 Å². The molecule has 4 heterocycles. The van der Waals surface area contributed by atoms with E-state index in [2.05, 4.69) is 45.1 Å². The summed E-state index contributed by atoms with van der Waals surface area (Å²) in [6.07, 6.45) is 4.28. The summed E-state index contributed by atoms with van der Waals surface area (Å²) in [5.41, 5.74) is 2.08. The number of nitrogens with zero attached hydrogens (tertiary/aromatic N) is 3. The van der Waals surface area contributed by atoms with Gasteiger partial charge in [-0.1, -0.05) is 30.3 Å². The van der Waals surface area contributed by atoms with E-state index in [0.29, 0.717) is 17.5 Å². The predicted octanol–water partition coefficient (Wildman–Crippen LogP) is 3.39. The fraction of sp³-hybridized carbons (Fsp3) is 0.429. The highest BCUT2D eigenvalue weighted by molar-refractivity contribution is 5.93. The Labute approximate surface area is 149 Å². The van der Waals surface area contributed by atoms with Gasteiger partial charge in [0, 0.05) is 44.0 Å². The Bertz CT molecular complexity index is 729. The maximum absolute atomic E-state index is 11.5. The number of anilines is 1. The van der Waals surface area contributed by atoms with Crippen LogP contribution in [0.3, 0.4) is 0 Å². The Morgan fingerprint density at radius 1 is 1.08 bits per heavy atom. The molecule has 5 rings (SSSR count). The molecule has 2 unspecified atom stereocenters. The van der Waals surface area contributed by atoms with Crippen LogP contribution in [0.5, 0.6) is 0 Å². The largest absolute Gasteiger partial charge is 0.355 e. The average Bonchev–Trinajstić information content (AvgIpc) is 2.94. The zero-order chi connectivity index (χ0) is 17.2. The van der Waals surface area contributed by atoms with E-state index in [-0.39, 0.29) is 5.78 Å². The molecule has 4 heteroatoms. The maximum atomic E-state index is 11.5. The number of hydrogen-bond donors (Lipinski definition) is 0. The minimum atomic E-state index is 0.0732. The molecule has 2 aromatic rings. The van der Waals surface area contributed by atoms with Crippen molar-refractivity contribution in [2.24, 2.45) is 5.92 Å². The number of aromatic nitrogens is 1. The van der Waals surface area contributed by atoms with Crippen molar-refractivity contribution < 1.29 is 4.79 Å². The van der Waals surface area contributed by atoms with Crippen LogP contribution in [0.25, 0.3) is 0 Å². The van der Waals surface area contributed by atoms with Gasteiger partial charge in [0.15, 0.2) is 5.78 Å². The number of benzene rings is 1. The second-order valence-electron chi connectivity index (χ2n) is 7.38. The van der Waals surface area contributed by atoms with Gasteiger partial charge in [0.1, 0.15) is 5.82 Å². The Hall–Kier alpha value is -2.20. The molecule has 3 saturated heterocycles. The summed E-state index contributed by atoms with van der Waals surface area (Å²) < 4.78 is 0. The number of piperidine rings is 1. The van der Waals surface area contributed by atoms with E-state index >= 15 is 0 Å². The second-order valence-corrected chi connectivity index (χ2v) is 7.38. The van der Waals surface area contributed by atoms with E-state index in [1.165, 1.54) is 24.9 Å². The van der Waals surface area contributed by atoms with Gasteiger partial charge in [-0.2, -0.15) is 0 Å². The quantitative estimate of drug-likeness (QED) is 0.803. The van der Waals surface area contributed by atoms with Gasteiger partial charge in [0.05, 0.1) is 0 Å². The highest BCUT2D eigenvalue weighted by atomic mass is 16.1. The molecule has 0 N–H and O–H groups in total. The van der Waals surface area contributed by atoms with Gasteiger partial charge in [-0.3, -0.25) is 9.69 Å². The highest BCUT2D eigenvalue weighted by Gasteiger charge is 2.35. The lowest BCUT2D eigenvalue weighted by atomic mass is 9.94. The Morgan fingerprint density at radius 3 is 2.64 bits per heavy atom. The third kappa shape index (κ3) is 3.59. The molecule has 25 heavy (non-hydrogen) atoms. The molecule has 0 aliphatic carbocycles. The first-order valence-corrected chi connectivity index (χ1v) is 9.19. The summed E-state index contributed by atoms with van der Waals surface area (Å²) in [6, 6.07) is 15.2. The zero-order valence-corrected chi connectivity index (χ0v) is 14.8. The lowest BCUT2D eigenvalue weighted by Gasteiger charge is -2.36. The first-order chi connectivity index (χ1) is 12.2. The van der Waals surface area contributed by atoms with Gasteiger partial charge in [-0.05, 0) is 43.4 Å². The van der Waals surface area contributed by atoms with Gasteiger partial charge in [0.25, 0.3) is 0 Å². The van der Waals surface area contributed by atoms with Crippen molar-refractivity contribution in [1.29, 1.82) is 0 Å². The Balaban J connectivity index is 1.50. The van der Waals surface area contributed by atoms with Crippen molar-refractivity contribution in [3.63, 3.8) is 0 Å². The van der Waals surface area contributed by atoms with Crippen molar-refractivity contribution in [2.45, 2.75) is 32.4 Å². The van der Waals surface area contributed by atoms with E-state index in [9.17, 15) is 4.79 Å². The number of carbonyl (C=O) groups excluding carboxylic acids is 1. The lowest BCUT2D eigenvalue weighted by Crippen LogP contribution is -2.43. The number of pyridine rings is 1. The number of ketones is 1. The molecule has 2 bridgehead atoms. The van der Waals surface area contributed by atoms with Crippen LogP contribution in [0.2, 0.25) is 0 Å². The molecule has 3 fully saturated rings. The van der Waals surface area contributed by atoms with Crippen LogP contribution in [-0.4, -0.2) is 41.3 Å². The predicted molar refractivity (Wildman–Crippen MR) is 99.8 cm³/mol. The highest BCUT2D eigenvalue weighted by Crippen LogP contribution is 2.31. The maximum Gasteiger partial charge on any atom is 0.161 e. The van der Waals surface area contributed by atoms with Crippen LogP contribution < -0.4 is 4.90 Å². The standard InChI is InChI=1S/C21H25N3O/c1-16(25)19-8-10-21(22-11-19)24-14-18-7-9-20(15-24)23(13-18)12-17-5-3-2-4-6-17/h2-6,8,10-11,18,20H,7,9,12-15H2,1H3. The van der Waals surface area contributed by atoms with E-state index in [1.807, 2.05) is 12.1 Å². The molecule has 0 amide bonds. The lowest BCUT2D eigenvalue weighted by molar-refractivity contribution is 0.101. The SMILES string of the molecule is CC(=O)c1ccc(N2CC3CCC(C2)N(Cc2ccccc2)C3)nc1. The molecule has 130 valence electrons. The number of Topliss-reactive ketones (excluding diaryl/α,β-unsaturated/α-hetero) is 1. The number of fused-ring (bicyclic) bond motifs is 4. The molecule has 0 radical (unpaired) electrons. The summed E-state index contributed by atoms with van der Waals surface area (Å²) in [5, 5.41) is 0. The van der Waals surface area contributed by atoms with Gasteiger partial charge < -0.3 is 4.90 Å². The fourth-order valence-corrected chi connectivity index (χ4v) is 4.16. The Kier molecular flexibility index (Phi) is 4.53. The van der Waals surface area contributed by atoms with Crippen molar-refractivity contribution in [1.82, 2.24) is 9.88 Å². The van der Waals surface area contributed by atoms with Gasteiger partial charge in [0.2, 0.25) is 0 Å². The molecular weight excluding hydrogens is 310 g/mol. The normalized spacial score (nSPS) is 23.5. The fourth-order valence-electron chi connectivity index (χ4n) is 4.16. The smallest absolute Gasteiger partial charge is 0.161 e. The minimum absolute atomic E-state index is 0.0732. The van der Waals surface area contributed by atoms with Crippen LogP contribution in [0, 0.1) is 5.92 Å². The first-order valence-electron chi connectivity index (χ1n) is 9.19. The van der Waals surface area contributed by atoms with E-state index in [1.54, 1.807) is 13.1 Å². The van der Waals surface area contributed by atoms with Gasteiger partial charge in [-0.15, -0.1) is 0 Å². The van der Waals surface area contributed by atoms with Crippen LogP contribution in [0.4, 0.5) is 5.82 Å². The molecule has 4 nitrogen and oxygen atoms in total. The van der Waals surface area contributed by atoms with Gasteiger partial charge >= 0.3 is 0 Å². The van der Waals surface area contributed by atoms with Crippen LogP contribution in [0.1, 0.15) is 35.7 Å². The second kappa shape index (κ2) is 6.96. The molecule has 1 aromatic heterocycles. The molecule has 0 saturated carbocycles. The summed E-state index contributed by atoms with van der Waals surface area (Å²) in [4.78, 5) is 21.1. The van der Waals surface area contributed by atoms with Crippen molar-refractivity contribution >= 4 is 11.6 Å². The van der Waals surface area contributed by atoms with Crippen molar-refractivity contribution in [3.05, 3.63) is 59.8 Å². The number of hydrogen-bond acceptors (Lipinski definition) is 4. The number of carbonyl (C=O) groups is 1. The molecule has 3 aliphatic heterocycles. The van der Waals surface area contributed by atoms with E-state index < -0.39 is 0 Å². The first kappa shape index (κ1) is 16.3. The molecule has 1 aromatic carbocycles. The molecule has 3 aliphatic rings. The van der Waals surface area contributed by atoms with E-state index in [4.69, 9.17) is 0 Å².